The number of urea groups is 1. The predicted molar refractivity (Wildman–Crippen MR) is 103 cm³/mol. The summed E-state index contributed by atoms with van der Waals surface area (Å²) in [5.74, 6) is -0.455. The minimum absolute atomic E-state index is 0.141. The average Bonchev–Trinajstić information content (AvgIpc) is 3.07. The van der Waals surface area contributed by atoms with Crippen LogP contribution in [0.15, 0.2) is 48.5 Å². The molecule has 0 radical (unpaired) electrons. The summed E-state index contributed by atoms with van der Waals surface area (Å²) in [7, 11) is 0. The van der Waals surface area contributed by atoms with E-state index in [0.29, 0.717) is 21.9 Å². The third kappa shape index (κ3) is 5.88. The highest BCUT2D eigenvalue weighted by atomic mass is 19.4. The highest BCUT2D eigenvalue weighted by molar-refractivity contribution is 6.02. The summed E-state index contributed by atoms with van der Waals surface area (Å²) in [5.41, 5.74) is 1.34. The summed E-state index contributed by atoms with van der Waals surface area (Å²) in [6.07, 6.45) is -4.63. The maximum absolute atomic E-state index is 12.2. The summed E-state index contributed by atoms with van der Waals surface area (Å²) in [4.78, 5) is 35.2. The molecule has 1 heterocycles. The molecule has 12 heteroatoms. The number of halogens is 3. The number of amides is 4. The lowest BCUT2D eigenvalue weighted by Crippen LogP contribution is -2.47. The van der Waals surface area contributed by atoms with Crippen LogP contribution in [0.25, 0.3) is 11.1 Å². The van der Waals surface area contributed by atoms with Gasteiger partial charge < -0.3 is 14.8 Å². The van der Waals surface area contributed by atoms with Gasteiger partial charge in [0.1, 0.15) is 24.1 Å². The normalized spacial score (nSPS) is 14.7. The van der Waals surface area contributed by atoms with Gasteiger partial charge in [0, 0.05) is 0 Å². The highest BCUT2D eigenvalue weighted by Crippen LogP contribution is 2.27. The van der Waals surface area contributed by atoms with Gasteiger partial charge in [-0.2, -0.15) is 0 Å². The lowest BCUT2D eigenvalue weighted by Gasteiger charge is -2.25. The maximum Gasteiger partial charge on any atom is 0.573 e. The van der Waals surface area contributed by atoms with E-state index < -0.39 is 24.3 Å². The monoisotopic (exact) mass is 453 g/mol. The second-order valence-corrected chi connectivity index (χ2v) is 6.71. The van der Waals surface area contributed by atoms with Crippen molar-refractivity contribution in [2.75, 3.05) is 19.7 Å². The van der Waals surface area contributed by atoms with Crippen LogP contribution >= 0.6 is 0 Å². The molecular formula is C20H18F3N3O6. The summed E-state index contributed by atoms with van der Waals surface area (Å²) in [6.45, 7) is -0.636. The molecule has 1 aliphatic rings. The number of alkyl halides is 3. The Kier molecular flexibility index (Phi) is 6.83. The Bertz CT molecular complexity index is 950. The molecule has 2 aromatic carbocycles. The number of benzene rings is 2. The van der Waals surface area contributed by atoms with E-state index in [-0.39, 0.29) is 31.9 Å². The summed E-state index contributed by atoms with van der Waals surface area (Å²) in [5, 5.41) is 12.4. The van der Waals surface area contributed by atoms with Crippen molar-refractivity contribution < 1.29 is 42.2 Å². The molecule has 1 atom stereocenters. The van der Waals surface area contributed by atoms with Crippen molar-refractivity contribution in [2.24, 2.45) is 0 Å². The molecule has 2 aromatic rings. The van der Waals surface area contributed by atoms with Gasteiger partial charge in [-0.15, -0.1) is 13.2 Å². The van der Waals surface area contributed by atoms with Crippen LogP contribution < -0.4 is 14.8 Å². The standard InChI is InChI=1S/C20H18F3N3O6/c21-20(22,23)32-17-7-3-14(4-8-17)13-1-5-16(6-2-13)31-11-15(26(30)12-27)10-25-18(28)9-24-19(25)29/h1-8,12,15,30H,9-11H2,(H,24,29). The molecule has 0 aliphatic carbocycles. The second-order valence-electron chi connectivity index (χ2n) is 6.71. The van der Waals surface area contributed by atoms with Crippen LogP contribution in [0.3, 0.4) is 0 Å². The molecule has 9 nitrogen and oxygen atoms in total. The van der Waals surface area contributed by atoms with Gasteiger partial charge >= 0.3 is 12.4 Å². The third-order valence-corrected chi connectivity index (χ3v) is 4.53. The molecule has 1 unspecified atom stereocenters. The van der Waals surface area contributed by atoms with E-state index in [1.807, 2.05) is 0 Å². The molecule has 0 bridgehead atoms. The zero-order valence-corrected chi connectivity index (χ0v) is 16.4. The van der Waals surface area contributed by atoms with Crippen LogP contribution in [0.5, 0.6) is 11.5 Å². The van der Waals surface area contributed by atoms with Crippen molar-refractivity contribution in [2.45, 2.75) is 12.4 Å². The molecule has 1 aliphatic heterocycles. The molecule has 3 rings (SSSR count). The minimum atomic E-state index is -4.77. The Morgan fingerprint density at radius 1 is 1.06 bits per heavy atom. The molecule has 0 saturated carbocycles. The molecule has 170 valence electrons. The number of nitrogens with one attached hydrogen (secondary N) is 1. The minimum Gasteiger partial charge on any atom is -0.491 e. The highest BCUT2D eigenvalue weighted by Gasteiger charge is 2.33. The topological polar surface area (TPSA) is 108 Å². The second kappa shape index (κ2) is 9.56. The van der Waals surface area contributed by atoms with E-state index >= 15 is 0 Å². The molecule has 1 fully saturated rings. The molecule has 32 heavy (non-hydrogen) atoms. The Labute approximate surface area is 179 Å². The Hall–Kier alpha value is -3.80. The van der Waals surface area contributed by atoms with Crippen LogP contribution in [0.2, 0.25) is 0 Å². The molecule has 0 aromatic heterocycles. The number of carbonyl (C=O) groups is 3. The van der Waals surface area contributed by atoms with Gasteiger partial charge in [-0.05, 0) is 35.4 Å². The van der Waals surface area contributed by atoms with Crippen molar-refractivity contribution in [3.63, 3.8) is 0 Å². The zero-order chi connectivity index (χ0) is 23.3. The van der Waals surface area contributed by atoms with Gasteiger partial charge in [-0.25, -0.2) is 9.86 Å². The van der Waals surface area contributed by atoms with Gasteiger partial charge in [0.25, 0.3) is 0 Å². The zero-order valence-electron chi connectivity index (χ0n) is 16.4. The molecule has 2 N–H and O–H groups in total. The van der Waals surface area contributed by atoms with Crippen LogP contribution in [0.4, 0.5) is 18.0 Å². The largest absolute Gasteiger partial charge is 0.573 e. The van der Waals surface area contributed by atoms with E-state index in [0.717, 1.165) is 4.90 Å². The number of nitrogens with zero attached hydrogens (tertiary/aromatic N) is 2. The first-order chi connectivity index (χ1) is 15.2. The fourth-order valence-corrected chi connectivity index (χ4v) is 2.93. The van der Waals surface area contributed by atoms with E-state index in [9.17, 15) is 32.8 Å². The van der Waals surface area contributed by atoms with Gasteiger partial charge in [-0.1, -0.05) is 24.3 Å². The van der Waals surface area contributed by atoms with Gasteiger partial charge in [0.15, 0.2) is 0 Å². The number of carbonyl (C=O) groups excluding carboxylic acids is 3. The van der Waals surface area contributed by atoms with Gasteiger partial charge in [0.05, 0.1) is 13.1 Å². The van der Waals surface area contributed by atoms with Gasteiger partial charge in [0.2, 0.25) is 12.3 Å². The van der Waals surface area contributed by atoms with Crippen LogP contribution in [-0.2, 0) is 9.59 Å². The summed E-state index contributed by atoms with van der Waals surface area (Å²) < 4.78 is 46.1. The van der Waals surface area contributed by atoms with Crippen LogP contribution in [-0.4, -0.2) is 65.6 Å². The molecule has 4 amide bonds. The van der Waals surface area contributed by atoms with Gasteiger partial charge in [-0.3, -0.25) is 19.7 Å². The Balaban J connectivity index is 1.62. The first-order valence-corrected chi connectivity index (χ1v) is 9.26. The SMILES string of the molecule is O=CN(O)C(COc1ccc(-c2ccc(OC(F)(F)F)cc2)cc1)CN1C(=O)CNC1=O. The molecule has 1 saturated heterocycles. The third-order valence-electron chi connectivity index (χ3n) is 4.53. The average molecular weight is 453 g/mol. The Morgan fingerprint density at radius 2 is 1.62 bits per heavy atom. The summed E-state index contributed by atoms with van der Waals surface area (Å²) in [6, 6.07) is 10.2. The maximum atomic E-state index is 12.2. The fraction of sp³-hybridized carbons (Fsp3) is 0.250. The smallest absolute Gasteiger partial charge is 0.491 e. The van der Waals surface area contributed by atoms with Crippen LogP contribution in [0, 0.1) is 0 Å². The van der Waals surface area contributed by atoms with Crippen molar-refractivity contribution in [1.82, 2.24) is 15.3 Å². The number of hydroxylamine groups is 2. The number of ether oxygens (including phenoxy) is 2. The first-order valence-electron chi connectivity index (χ1n) is 9.26. The predicted octanol–water partition coefficient (Wildman–Crippen LogP) is 2.40. The quantitative estimate of drug-likeness (QED) is 0.261. The molecular weight excluding hydrogens is 435 g/mol. The number of hydrogen-bond acceptors (Lipinski definition) is 6. The van der Waals surface area contributed by atoms with Crippen LogP contribution in [0.1, 0.15) is 0 Å². The number of imide groups is 1. The van der Waals surface area contributed by atoms with E-state index in [1.165, 1.54) is 24.3 Å². The van der Waals surface area contributed by atoms with Crippen molar-refractivity contribution in [3.8, 4) is 22.6 Å². The first kappa shape index (κ1) is 22.9. The van der Waals surface area contributed by atoms with Crippen molar-refractivity contribution in [1.29, 1.82) is 0 Å². The van der Waals surface area contributed by atoms with Crippen molar-refractivity contribution in [3.05, 3.63) is 48.5 Å². The molecule has 0 spiro atoms. The lowest BCUT2D eigenvalue weighted by atomic mass is 10.1. The van der Waals surface area contributed by atoms with E-state index in [1.54, 1.807) is 24.3 Å². The number of hydrogen-bond donors (Lipinski definition) is 2. The van der Waals surface area contributed by atoms with E-state index in [4.69, 9.17) is 4.74 Å². The number of rotatable bonds is 9. The summed E-state index contributed by atoms with van der Waals surface area (Å²) >= 11 is 0. The Morgan fingerprint density at radius 3 is 2.09 bits per heavy atom. The van der Waals surface area contributed by atoms with E-state index in [2.05, 4.69) is 10.1 Å². The lowest BCUT2D eigenvalue weighted by molar-refractivity contribution is -0.274. The van der Waals surface area contributed by atoms with Crippen molar-refractivity contribution >= 4 is 18.3 Å². The fourth-order valence-electron chi connectivity index (χ4n) is 2.93.